The smallest absolute Gasteiger partial charge is 0.303 e. The third kappa shape index (κ3) is 3.06. The fourth-order valence-electron chi connectivity index (χ4n) is 2.26. The van der Waals surface area contributed by atoms with Crippen LogP contribution in [0.15, 0.2) is 24.5 Å². The first-order chi connectivity index (χ1) is 8.66. The van der Waals surface area contributed by atoms with Gasteiger partial charge in [0.25, 0.3) is 5.91 Å². The van der Waals surface area contributed by atoms with Crippen LogP contribution in [-0.4, -0.2) is 40.0 Å². The summed E-state index contributed by atoms with van der Waals surface area (Å²) in [4.78, 5) is 28.4. The number of amides is 1. The number of hydrogen-bond acceptors (Lipinski definition) is 3. The molecule has 1 aliphatic heterocycles. The fourth-order valence-corrected chi connectivity index (χ4v) is 2.26. The molecule has 0 bridgehead atoms. The first kappa shape index (κ1) is 12.5. The molecule has 0 atom stereocenters. The summed E-state index contributed by atoms with van der Waals surface area (Å²) in [5, 5.41) is 8.73. The van der Waals surface area contributed by atoms with E-state index < -0.39 is 5.97 Å². The van der Waals surface area contributed by atoms with Gasteiger partial charge in [0.2, 0.25) is 0 Å². The minimum atomic E-state index is -0.756. The normalized spacial score (nSPS) is 16.6. The van der Waals surface area contributed by atoms with E-state index in [1.807, 2.05) is 0 Å². The third-order valence-corrected chi connectivity index (χ3v) is 3.29. The van der Waals surface area contributed by atoms with Crippen LogP contribution in [0.3, 0.4) is 0 Å². The van der Waals surface area contributed by atoms with Crippen LogP contribution in [0.25, 0.3) is 0 Å². The van der Waals surface area contributed by atoms with Gasteiger partial charge < -0.3 is 10.0 Å². The second-order valence-electron chi connectivity index (χ2n) is 4.57. The summed E-state index contributed by atoms with van der Waals surface area (Å²) in [6, 6.07) is 3.40. The number of rotatable bonds is 3. The highest BCUT2D eigenvalue weighted by Gasteiger charge is 2.24. The summed E-state index contributed by atoms with van der Waals surface area (Å²) < 4.78 is 0. The number of carboxylic acids is 1. The van der Waals surface area contributed by atoms with Crippen molar-refractivity contribution >= 4 is 11.9 Å². The number of pyridine rings is 1. The molecular formula is C13H16N2O3. The van der Waals surface area contributed by atoms with Crippen LogP contribution in [0.5, 0.6) is 0 Å². The van der Waals surface area contributed by atoms with Crippen LogP contribution in [0.4, 0.5) is 0 Å². The monoisotopic (exact) mass is 248 g/mol. The highest BCUT2D eigenvalue weighted by Crippen LogP contribution is 2.21. The summed E-state index contributed by atoms with van der Waals surface area (Å²) in [5.41, 5.74) is 0.640. The van der Waals surface area contributed by atoms with E-state index in [1.165, 1.54) is 0 Å². The number of carboxylic acid groups (broad SMARTS) is 1. The number of piperidine rings is 1. The summed E-state index contributed by atoms with van der Waals surface area (Å²) in [6.45, 7) is 1.28. The molecule has 2 rings (SSSR count). The lowest BCUT2D eigenvalue weighted by atomic mass is 9.93. The van der Waals surface area contributed by atoms with Crippen LogP contribution in [-0.2, 0) is 4.79 Å². The molecule has 5 nitrogen and oxygen atoms in total. The number of carbonyl (C=O) groups is 2. The molecule has 0 saturated carbocycles. The van der Waals surface area contributed by atoms with Crippen molar-refractivity contribution in [1.29, 1.82) is 0 Å². The van der Waals surface area contributed by atoms with Crippen LogP contribution in [0.1, 0.15) is 29.6 Å². The molecule has 0 aliphatic carbocycles. The Bertz CT molecular complexity index is 425. The van der Waals surface area contributed by atoms with Gasteiger partial charge in [0.15, 0.2) is 0 Å². The Morgan fingerprint density at radius 2 is 1.89 bits per heavy atom. The molecule has 1 amide bonds. The Hall–Kier alpha value is -1.91. The van der Waals surface area contributed by atoms with Gasteiger partial charge in [0.1, 0.15) is 0 Å². The molecular weight excluding hydrogens is 232 g/mol. The number of hydrogen-bond donors (Lipinski definition) is 1. The number of aromatic nitrogens is 1. The van der Waals surface area contributed by atoms with E-state index in [-0.39, 0.29) is 18.2 Å². The standard InChI is InChI=1S/C13H16N2O3/c16-12(17)9-10-3-7-15(8-4-10)13(18)11-1-5-14-6-2-11/h1-2,5-6,10H,3-4,7-9H2,(H,16,17). The molecule has 1 N–H and O–H groups in total. The molecule has 1 fully saturated rings. The Morgan fingerprint density at radius 1 is 1.28 bits per heavy atom. The Kier molecular flexibility index (Phi) is 3.92. The molecule has 2 heterocycles. The van der Waals surface area contributed by atoms with E-state index in [9.17, 15) is 9.59 Å². The van der Waals surface area contributed by atoms with Crippen LogP contribution < -0.4 is 0 Å². The van der Waals surface area contributed by atoms with E-state index >= 15 is 0 Å². The lowest BCUT2D eigenvalue weighted by molar-refractivity contribution is -0.138. The fraction of sp³-hybridized carbons (Fsp3) is 0.462. The zero-order chi connectivity index (χ0) is 13.0. The molecule has 0 aromatic carbocycles. The molecule has 1 aliphatic rings. The molecule has 0 radical (unpaired) electrons. The average molecular weight is 248 g/mol. The third-order valence-electron chi connectivity index (χ3n) is 3.29. The molecule has 18 heavy (non-hydrogen) atoms. The molecule has 0 spiro atoms. The molecule has 1 saturated heterocycles. The van der Waals surface area contributed by atoms with Gasteiger partial charge >= 0.3 is 5.97 Å². The molecule has 1 aromatic heterocycles. The average Bonchev–Trinajstić information content (AvgIpc) is 2.39. The van der Waals surface area contributed by atoms with Crippen molar-refractivity contribution in [2.24, 2.45) is 5.92 Å². The number of nitrogens with zero attached hydrogens (tertiary/aromatic N) is 2. The first-order valence-electron chi connectivity index (χ1n) is 6.08. The van der Waals surface area contributed by atoms with Crippen molar-refractivity contribution in [3.05, 3.63) is 30.1 Å². The van der Waals surface area contributed by atoms with E-state index in [2.05, 4.69) is 4.98 Å². The van der Waals surface area contributed by atoms with Crippen LogP contribution in [0, 0.1) is 5.92 Å². The minimum absolute atomic E-state index is 0.00572. The van der Waals surface area contributed by atoms with E-state index in [4.69, 9.17) is 5.11 Å². The number of likely N-dealkylation sites (tertiary alicyclic amines) is 1. The van der Waals surface area contributed by atoms with Crippen molar-refractivity contribution < 1.29 is 14.7 Å². The topological polar surface area (TPSA) is 70.5 Å². The van der Waals surface area contributed by atoms with Crippen molar-refractivity contribution in [3.8, 4) is 0 Å². The summed E-state index contributed by atoms with van der Waals surface area (Å²) in [5.74, 6) is -0.552. The maximum absolute atomic E-state index is 12.1. The molecule has 1 aromatic rings. The van der Waals surface area contributed by atoms with Gasteiger partial charge in [-0.3, -0.25) is 14.6 Å². The zero-order valence-corrected chi connectivity index (χ0v) is 10.1. The van der Waals surface area contributed by atoms with Crippen LogP contribution in [0.2, 0.25) is 0 Å². The van der Waals surface area contributed by atoms with Gasteiger partial charge in [-0.25, -0.2) is 0 Å². The minimum Gasteiger partial charge on any atom is -0.481 e. The van der Waals surface area contributed by atoms with Crippen molar-refractivity contribution in [2.75, 3.05) is 13.1 Å². The van der Waals surface area contributed by atoms with Gasteiger partial charge in [-0.1, -0.05) is 0 Å². The van der Waals surface area contributed by atoms with Crippen molar-refractivity contribution in [1.82, 2.24) is 9.88 Å². The maximum Gasteiger partial charge on any atom is 0.303 e. The predicted octanol–water partition coefficient (Wildman–Crippen LogP) is 1.41. The van der Waals surface area contributed by atoms with Crippen LogP contribution >= 0.6 is 0 Å². The molecule has 5 heteroatoms. The summed E-state index contributed by atoms with van der Waals surface area (Å²) in [7, 11) is 0. The summed E-state index contributed by atoms with van der Waals surface area (Å²) in [6.07, 6.45) is 4.94. The number of carbonyl (C=O) groups excluding carboxylic acids is 1. The van der Waals surface area contributed by atoms with Crippen molar-refractivity contribution in [2.45, 2.75) is 19.3 Å². The van der Waals surface area contributed by atoms with E-state index in [0.29, 0.717) is 18.7 Å². The lowest BCUT2D eigenvalue weighted by Crippen LogP contribution is -2.38. The Morgan fingerprint density at radius 3 is 2.44 bits per heavy atom. The lowest BCUT2D eigenvalue weighted by Gasteiger charge is -2.31. The SMILES string of the molecule is O=C(O)CC1CCN(C(=O)c2ccncc2)CC1. The molecule has 96 valence electrons. The van der Waals surface area contributed by atoms with E-state index in [1.54, 1.807) is 29.4 Å². The predicted molar refractivity (Wildman–Crippen MR) is 65.1 cm³/mol. The number of aliphatic carboxylic acids is 1. The Labute approximate surface area is 105 Å². The van der Waals surface area contributed by atoms with Gasteiger partial charge in [-0.15, -0.1) is 0 Å². The van der Waals surface area contributed by atoms with E-state index in [0.717, 1.165) is 12.8 Å². The second-order valence-corrected chi connectivity index (χ2v) is 4.57. The summed E-state index contributed by atoms with van der Waals surface area (Å²) >= 11 is 0. The Balaban J connectivity index is 1.90. The van der Waals surface area contributed by atoms with Gasteiger partial charge in [-0.05, 0) is 30.9 Å². The highest BCUT2D eigenvalue weighted by molar-refractivity contribution is 5.94. The zero-order valence-electron chi connectivity index (χ0n) is 10.1. The van der Waals surface area contributed by atoms with Gasteiger partial charge in [0.05, 0.1) is 0 Å². The maximum atomic E-state index is 12.1. The van der Waals surface area contributed by atoms with Crippen molar-refractivity contribution in [3.63, 3.8) is 0 Å². The quantitative estimate of drug-likeness (QED) is 0.878. The van der Waals surface area contributed by atoms with Gasteiger partial charge in [0, 0.05) is 37.5 Å². The largest absolute Gasteiger partial charge is 0.481 e. The second kappa shape index (κ2) is 5.62. The highest BCUT2D eigenvalue weighted by atomic mass is 16.4. The molecule has 0 unspecified atom stereocenters. The van der Waals surface area contributed by atoms with Gasteiger partial charge in [-0.2, -0.15) is 0 Å². The first-order valence-corrected chi connectivity index (χ1v) is 6.08.